The second-order valence-corrected chi connectivity index (χ2v) is 5.36. The molecule has 0 unspecified atom stereocenters. The van der Waals surface area contributed by atoms with Crippen LogP contribution in [0.1, 0.15) is 0 Å². The number of halogens is 2. The van der Waals surface area contributed by atoms with Crippen LogP contribution in [0.3, 0.4) is 0 Å². The third-order valence-corrected chi connectivity index (χ3v) is 3.86. The van der Waals surface area contributed by atoms with Crippen LogP contribution in [-0.2, 0) is 22.1 Å². The molecule has 0 aliphatic carbocycles. The first kappa shape index (κ1) is 26.0. The van der Waals surface area contributed by atoms with Gasteiger partial charge in [-0.2, -0.15) is 0 Å². The molecule has 0 aliphatic rings. The van der Waals surface area contributed by atoms with Gasteiger partial charge in [-0.05, 0) is 0 Å². The van der Waals surface area contributed by atoms with E-state index in [1.807, 2.05) is 0 Å². The van der Waals surface area contributed by atoms with E-state index in [4.69, 9.17) is 15.6 Å². The van der Waals surface area contributed by atoms with E-state index < -0.39 is 43.9 Å². The molecule has 15 heteroatoms. The van der Waals surface area contributed by atoms with Gasteiger partial charge in [-0.25, -0.2) is 0 Å². The van der Waals surface area contributed by atoms with Crippen molar-refractivity contribution in [1.29, 1.82) is 10.5 Å². The zero-order valence-corrected chi connectivity index (χ0v) is 9.93. The Bertz CT molecular complexity index is 406. The van der Waals surface area contributed by atoms with Crippen molar-refractivity contribution in [2.24, 2.45) is 0 Å². The molecular formula is C4H3F2K2N2O6PS2. The topological polar surface area (TPSA) is 130 Å². The molecule has 0 aliphatic heterocycles. The minimum absolute atomic E-state index is 0. The molecule has 0 amide bonds. The summed E-state index contributed by atoms with van der Waals surface area (Å²) in [5.41, 5.74) is 0. The SMILES string of the molecule is N#CSOP(F)(F)(OSC#N)OC(=O)C(=O)O.[KH].[KH]. The Balaban J connectivity index is -0.00000128. The van der Waals surface area contributed by atoms with E-state index in [-0.39, 0.29) is 103 Å². The summed E-state index contributed by atoms with van der Waals surface area (Å²) in [6, 6.07) is 0. The van der Waals surface area contributed by atoms with Gasteiger partial charge in [0.1, 0.15) is 0 Å². The average Bonchev–Trinajstić information content (AvgIpc) is 2.24. The van der Waals surface area contributed by atoms with Crippen molar-refractivity contribution in [3.05, 3.63) is 0 Å². The van der Waals surface area contributed by atoms with E-state index in [0.717, 1.165) is 10.8 Å². The summed E-state index contributed by atoms with van der Waals surface area (Å²) < 4.78 is 37.2. The van der Waals surface area contributed by atoms with Crippen LogP contribution in [0.5, 0.6) is 0 Å². The first-order valence-electron chi connectivity index (χ1n) is 3.16. The van der Waals surface area contributed by atoms with Crippen LogP contribution in [0.15, 0.2) is 0 Å². The standard InChI is InChI=1S/C4HF2N2O6PS2.2K.2H/c5-15(6,13-16-1-7,14-17-2-8)12-4(11)3(9)10;;;;/h(H,9,10);;;;. The second kappa shape index (κ2) is 11.6. The number of carboxylic acid groups (broad SMARTS) is 1. The van der Waals surface area contributed by atoms with Gasteiger partial charge < -0.3 is 0 Å². The Morgan fingerprint density at radius 3 is 1.74 bits per heavy atom. The van der Waals surface area contributed by atoms with Gasteiger partial charge in [0, 0.05) is 0 Å². The van der Waals surface area contributed by atoms with Gasteiger partial charge in [-0.15, -0.1) is 0 Å². The molecule has 1 N–H and O–H groups in total. The molecule has 0 aromatic carbocycles. The summed E-state index contributed by atoms with van der Waals surface area (Å²) in [6.07, 6.45) is 0. The van der Waals surface area contributed by atoms with Gasteiger partial charge in [-0.3, -0.25) is 0 Å². The number of aliphatic carboxylic acids is 1. The summed E-state index contributed by atoms with van der Waals surface area (Å²) in [5, 5.41) is 26.2. The Kier molecular flexibility index (Phi) is 15.9. The zero-order valence-electron chi connectivity index (χ0n) is 7.40. The van der Waals surface area contributed by atoms with Crippen LogP contribution in [-0.4, -0.2) is 120 Å². The number of nitriles is 2. The molecule has 0 aromatic rings. The maximum atomic E-state index is 13.4. The number of hydrogen-bond acceptors (Lipinski definition) is 9. The fourth-order valence-corrected chi connectivity index (χ4v) is 2.47. The molecule has 98 valence electrons. The van der Waals surface area contributed by atoms with Gasteiger partial charge in [0.25, 0.3) is 0 Å². The minimum atomic E-state index is -7.14. The van der Waals surface area contributed by atoms with Crippen molar-refractivity contribution in [2.45, 2.75) is 0 Å². The number of carbonyl (C=O) groups is 2. The Hall–Kier alpha value is 2.10. The van der Waals surface area contributed by atoms with Crippen molar-refractivity contribution >= 4 is 147 Å². The van der Waals surface area contributed by atoms with Crippen LogP contribution in [0.2, 0.25) is 0 Å². The molecule has 19 heavy (non-hydrogen) atoms. The predicted octanol–water partition coefficient (Wildman–Crippen LogP) is 0.676. The molecule has 0 saturated heterocycles. The van der Waals surface area contributed by atoms with Crippen LogP contribution in [0, 0.1) is 21.3 Å². The van der Waals surface area contributed by atoms with Gasteiger partial charge in [0.15, 0.2) is 0 Å². The van der Waals surface area contributed by atoms with E-state index in [2.05, 4.69) is 12.5 Å². The summed E-state index contributed by atoms with van der Waals surface area (Å²) in [4.78, 5) is 20.5. The number of rotatable bonds is 5. The second-order valence-electron chi connectivity index (χ2n) is 1.88. The monoisotopic (exact) mass is 386 g/mol. The first-order valence-corrected chi connectivity index (χ1v) is 6.42. The van der Waals surface area contributed by atoms with Crippen molar-refractivity contribution in [1.82, 2.24) is 0 Å². The molecule has 0 radical (unpaired) electrons. The summed E-state index contributed by atoms with van der Waals surface area (Å²) in [7, 11) is -7.14. The first-order chi connectivity index (χ1) is 7.73. The molecule has 0 rings (SSSR count). The van der Waals surface area contributed by atoms with Crippen molar-refractivity contribution in [2.75, 3.05) is 0 Å². The zero-order chi connectivity index (χ0) is 13.6. The predicted molar refractivity (Wildman–Crippen MR) is 65.7 cm³/mol. The summed E-state index contributed by atoms with van der Waals surface area (Å²) in [5.74, 6) is -4.66. The Morgan fingerprint density at radius 2 is 1.47 bits per heavy atom. The third kappa shape index (κ3) is 11.3. The van der Waals surface area contributed by atoms with E-state index in [1.54, 1.807) is 0 Å². The molecule has 8 nitrogen and oxygen atoms in total. The number of nitrogens with zero attached hydrogens (tertiary/aromatic N) is 2. The summed E-state index contributed by atoms with van der Waals surface area (Å²) in [6.45, 7) is 0. The molecule has 0 fully saturated rings. The fourth-order valence-electron chi connectivity index (χ4n) is 0.363. The van der Waals surface area contributed by atoms with Crippen LogP contribution in [0.4, 0.5) is 8.39 Å². The Labute approximate surface area is 199 Å². The van der Waals surface area contributed by atoms with Crippen LogP contribution in [0.25, 0.3) is 0 Å². The van der Waals surface area contributed by atoms with Crippen molar-refractivity contribution < 1.29 is 35.6 Å². The third-order valence-electron chi connectivity index (χ3n) is 0.785. The maximum absolute atomic E-state index is 13.4. The van der Waals surface area contributed by atoms with E-state index in [9.17, 15) is 18.0 Å². The van der Waals surface area contributed by atoms with Crippen LogP contribution < -0.4 is 0 Å². The average molecular weight is 386 g/mol. The molecule has 0 atom stereocenters. The van der Waals surface area contributed by atoms with Crippen LogP contribution >= 0.6 is 32.0 Å². The van der Waals surface area contributed by atoms with E-state index in [0.29, 0.717) is 0 Å². The summed E-state index contributed by atoms with van der Waals surface area (Å²) >= 11 is -0.973. The molecular weight excluding hydrogens is 383 g/mol. The normalized spacial score (nSPS) is 11.3. The fraction of sp³-hybridized carbons (Fsp3) is 0. The van der Waals surface area contributed by atoms with Gasteiger partial charge in [-0.1, -0.05) is 0 Å². The molecule has 0 spiro atoms. The number of carboxylic acids is 1. The van der Waals surface area contributed by atoms with Gasteiger partial charge in [0.2, 0.25) is 0 Å². The molecule has 0 bridgehead atoms. The van der Waals surface area contributed by atoms with Gasteiger partial charge in [0.05, 0.1) is 0 Å². The van der Waals surface area contributed by atoms with Crippen molar-refractivity contribution in [3.8, 4) is 10.8 Å². The molecule has 0 saturated carbocycles. The number of thiocyanates is 2. The number of hydrogen-bond donors (Lipinski definition) is 1. The molecule has 0 aromatic heterocycles. The van der Waals surface area contributed by atoms with E-state index in [1.165, 1.54) is 0 Å². The molecule has 0 heterocycles. The number of carbonyl (C=O) groups excluding carboxylic acids is 1. The van der Waals surface area contributed by atoms with Crippen molar-refractivity contribution in [3.63, 3.8) is 0 Å². The van der Waals surface area contributed by atoms with Gasteiger partial charge >= 0.3 is 204 Å². The Morgan fingerprint density at radius 1 is 1.11 bits per heavy atom. The van der Waals surface area contributed by atoms with E-state index >= 15 is 0 Å². The quantitative estimate of drug-likeness (QED) is 0.237.